The Morgan fingerprint density at radius 1 is 0.964 bits per heavy atom. The van der Waals surface area contributed by atoms with Crippen LogP contribution < -0.4 is 27.8 Å². The van der Waals surface area contributed by atoms with Crippen LogP contribution in [-0.4, -0.2) is 64.6 Å². The maximum Gasteiger partial charge on any atom is 0.326 e. The van der Waals surface area contributed by atoms with Gasteiger partial charge in [-0.1, -0.05) is 13.8 Å². The number of rotatable bonds is 13. The summed E-state index contributed by atoms with van der Waals surface area (Å²) < 4.78 is 0. The fraction of sp³-hybridized carbons (Fsp3) is 0.688. The summed E-state index contributed by atoms with van der Waals surface area (Å²) in [6.07, 6.45) is -0.266. The number of amides is 2. The van der Waals surface area contributed by atoms with Gasteiger partial charge in [-0.2, -0.15) is 0 Å². The third-order valence-corrected chi connectivity index (χ3v) is 3.86. The van der Waals surface area contributed by atoms with Crippen LogP contribution in [0.3, 0.4) is 0 Å². The lowest BCUT2D eigenvalue weighted by Crippen LogP contribution is -2.55. The molecule has 10 N–H and O–H groups in total. The molecule has 0 radical (unpaired) electrons. The summed E-state index contributed by atoms with van der Waals surface area (Å²) in [6, 6.07) is -3.37. The van der Waals surface area contributed by atoms with Gasteiger partial charge in [0.15, 0.2) is 5.96 Å². The number of carboxylic acid groups (broad SMARTS) is 2. The first-order valence-electron chi connectivity index (χ1n) is 8.82. The molecular formula is C16H30N6O6. The Hall–Kier alpha value is -2.89. The van der Waals surface area contributed by atoms with E-state index in [1.807, 2.05) is 0 Å². The molecule has 0 saturated heterocycles. The predicted molar refractivity (Wildman–Crippen MR) is 101 cm³/mol. The second-order valence-electron chi connectivity index (χ2n) is 6.61. The topological polar surface area (TPSA) is 223 Å². The largest absolute Gasteiger partial charge is 0.481 e. The Morgan fingerprint density at radius 3 is 2.00 bits per heavy atom. The van der Waals surface area contributed by atoms with Crippen LogP contribution in [0.25, 0.3) is 0 Å². The van der Waals surface area contributed by atoms with Crippen LogP contribution >= 0.6 is 0 Å². The molecule has 12 heteroatoms. The van der Waals surface area contributed by atoms with Crippen LogP contribution in [0.1, 0.15) is 39.5 Å². The number of carboxylic acids is 2. The zero-order valence-corrected chi connectivity index (χ0v) is 16.1. The summed E-state index contributed by atoms with van der Waals surface area (Å²) in [4.78, 5) is 50.5. The number of carbonyl (C=O) groups is 4. The molecule has 0 aliphatic carbocycles. The Morgan fingerprint density at radius 2 is 1.54 bits per heavy atom. The number of hydrogen-bond acceptors (Lipinski definition) is 6. The molecule has 0 aliphatic rings. The van der Waals surface area contributed by atoms with Gasteiger partial charge in [-0.25, -0.2) is 4.79 Å². The summed E-state index contributed by atoms with van der Waals surface area (Å²) >= 11 is 0. The third kappa shape index (κ3) is 10.3. The number of nitrogens with one attached hydrogen (secondary N) is 2. The first-order chi connectivity index (χ1) is 13.0. The number of aliphatic imine (C=N–C) groups is 1. The summed E-state index contributed by atoms with van der Waals surface area (Å²) in [5.41, 5.74) is 16.1. The van der Waals surface area contributed by atoms with Crippen molar-refractivity contribution in [1.29, 1.82) is 0 Å². The maximum absolute atomic E-state index is 12.4. The summed E-state index contributed by atoms with van der Waals surface area (Å²) in [5.74, 6) is -4.20. The van der Waals surface area contributed by atoms with Crippen molar-refractivity contribution >= 4 is 29.7 Å². The van der Waals surface area contributed by atoms with Crippen molar-refractivity contribution < 1.29 is 29.4 Å². The summed E-state index contributed by atoms with van der Waals surface area (Å²) in [7, 11) is 0. The maximum atomic E-state index is 12.4. The highest BCUT2D eigenvalue weighted by molar-refractivity contribution is 5.92. The van der Waals surface area contributed by atoms with E-state index in [0.717, 1.165) is 0 Å². The molecule has 3 atom stereocenters. The highest BCUT2D eigenvalue weighted by Crippen LogP contribution is 2.05. The number of carbonyl (C=O) groups excluding carboxylic acids is 2. The van der Waals surface area contributed by atoms with E-state index >= 15 is 0 Å². The number of nitrogens with zero attached hydrogens (tertiary/aromatic N) is 1. The fourth-order valence-electron chi connectivity index (χ4n) is 2.14. The molecule has 0 bridgehead atoms. The van der Waals surface area contributed by atoms with Gasteiger partial charge in [0.2, 0.25) is 11.8 Å². The van der Waals surface area contributed by atoms with Gasteiger partial charge in [-0.05, 0) is 25.2 Å². The van der Waals surface area contributed by atoms with E-state index in [4.69, 9.17) is 22.3 Å². The summed E-state index contributed by atoms with van der Waals surface area (Å²) in [6.45, 7) is 3.62. The Labute approximate surface area is 162 Å². The Bertz CT molecular complexity index is 590. The zero-order chi connectivity index (χ0) is 21.9. The highest BCUT2D eigenvalue weighted by Gasteiger charge is 2.28. The smallest absolute Gasteiger partial charge is 0.326 e. The first-order valence-corrected chi connectivity index (χ1v) is 8.82. The van der Waals surface area contributed by atoms with E-state index in [-0.39, 0.29) is 31.3 Å². The number of nitrogens with two attached hydrogens (primary N) is 3. The van der Waals surface area contributed by atoms with Crippen molar-refractivity contribution in [2.75, 3.05) is 6.54 Å². The van der Waals surface area contributed by atoms with Gasteiger partial charge in [0.05, 0.1) is 6.04 Å². The van der Waals surface area contributed by atoms with Crippen molar-refractivity contribution in [3.05, 3.63) is 0 Å². The zero-order valence-electron chi connectivity index (χ0n) is 16.1. The quantitative estimate of drug-likeness (QED) is 0.102. The van der Waals surface area contributed by atoms with Crippen LogP contribution in [0, 0.1) is 5.92 Å². The van der Waals surface area contributed by atoms with E-state index in [0.29, 0.717) is 6.42 Å². The first kappa shape index (κ1) is 25.1. The minimum Gasteiger partial charge on any atom is -0.481 e. The second kappa shape index (κ2) is 12.5. The molecule has 160 valence electrons. The molecule has 0 aromatic rings. The van der Waals surface area contributed by atoms with Gasteiger partial charge >= 0.3 is 11.9 Å². The van der Waals surface area contributed by atoms with Gasteiger partial charge < -0.3 is 38.0 Å². The Balaban J connectivity index is 5.05. The van der Waals surface area contributed by atoms with Gasteiger partial charge in [0.25, 0.3) is 0 Å². The molecule has 2 amide bonds. The fourth-order valence-corrected chi connectivity index (χ4v) is 2.14. The van der Waals surface area contributed by atoms with Crippen LogP contribution in [0.2, 0.25) is 0 Å². The van der Waals surface area contributed by atoms with Gasteiger partial charge in [0.1, 0.15) is 12.1 Å². The Kier molecular flexibility index (Phi) is 11.2. The minimum atomic E-state index is -1.28. The van der Waals surface area contributed by atoms with Crippen molar-refractivity contribution in [2.45, 2.75) is 57.7 Å². The molecule has 0 aromatic heterocycles. The van der Waals surface area contributed by atoms with Crippen molar-refractivity contribution in [2.24, 2.45) is 28.1 Å². The van der Waals surface area contributed by atoms with Gasteiger partial charge in [-0.15, -0.1) is 0 Å². The van der Waals surface area contributed by atoms with Crippen LogP contribution in [-0.2, 0) is 19.2 Å². The highest BCUT2D eigenvalue weighted by atomic mass is 16.4. The van der Waals surface area contributed by atoms with Crippen LogP contribution in [0.4, 0.5) is 0 Å². The SMILES string of the molecule is CC(C)C(N)C(=O)NC(CCC(=O)O)C(=O)NC(CCCN=C(N)N)C(=O)O. The van der Waals surface area contributed by atoms with Crippen molar-refractivity contribution in [1.82, 2.24) is 10.6 Å². The lowest BCUT2D eigenvalue weighted by atomic mass is 10.0. The van der Waals surface area contributed by atoms with Crippen LogP contribution in [0.5, 0.6) is 0 Å². The molecule has 0 spiro atoms. The molecule has 3 unspecified atom stereocenters. The van der Waals surface area contributed by atoms with E-state index < -0.39 is 48.3 Å². The lowest BCUT2D eigenvalue weighted by molar-refractivity contribution is -0.143. The monoisotopic (exact) mass is 402 g/mol. The molecule has 0 rings (SSSR count). The predicted octanol–water partition coefficient (Wildman–Crippen LogP) is -2.06. The van der Waals surface area contributed by atoms with Gasteiger partial charge in [-0.3, -0.25) is 19.4 Å². The van der Waals surface area contributed by atoms with Crippen molar-refractivity contribution in [3.63, 3.8) is 0 Å². The average Bonchev–Trinajstić information content (AvgIpc) is 2.59. The molecule has 0 aliphatic heterocycles. The number of aliphatic carboxylic acids is 2. The van der Waals surface area contributed by atoms with E-state index in [1.54, 1.807) is 13.8 Å². The molecule has 0 saturated carbocycles. The van der Waals surface area contributed by atoms with Crippen LogP contribution in [0.15, 0.2) is 4.99 Å². The standard InChI is InChI=1S/C16H30N6O6/c1-8(2)12(17)14(26)21-9(5-6-11(23)24)13(25)22-10(15(27)28)4-3-7-20-16(18)19/h8-10,12H,3-7,17H2,1-2H3,(H,21,26)(H,22,25)(H,23,24)(H,27,28)(H4,18,19,20). The molecule has 28 heavy (non-hydrogen) atoms. The van der Waals surface area contributed by atoms with Gasteiger partial charge in [0, 0.05) is 13.0 Å². The molecule has 12 nitrogen and oxygen atoms in total. The van der Waals surface area contributed by atoms with E-state index in [1.165, 1.54) is 0 Å². The molecule has 0 heterocycles. The third-order valence-electron chi connectivity index (χ3n) is 3.86. The van der Waals surface area contributed by atoms with E-state index in [2.05, 4.69) is 15.6 Å². The number of hydrogen-bond donors (Lipinski definition) is 7. The average molecular weight is 402 g/mol. The molecule has 0 fully saturated rings. The normalized spacial score (nSPS) is 13.9. The van der Waals surface area contributed by atoms with E-state index in [9.17, 15) is 24.3 Å². The lowest BCUT2D eigenvalue weighted by Gasteiger charge is -2.23. The van der Waals surface area contributed by atoms with Crippen molar-refractivity contribution in [3.8, 4) is 0 Å². The molecular weight excluding hydrogens is 372 g/mol. The minimum absolute atomic E-state index is 0.0446. The second-order valence-corrected chi connectivity index (χ2v) is 6.61. The number of guanidine groups is 1. The summed E-state index contributed by atoms with van der Waals surface area (Å²) in [5, 5.41) is 22.8. The molecule has 0 aromatic carbocycles.